The van der Waals surface area contributed by atoms with Gasteiger partial charge in [0.25, 0.3) is 0 Å². The lowest BCUT2D eigenvalue weighted by atomic mass is 10.1. The Morgan fingerprint density at radius 1 is 1.55 bits per heavy atom. The molecule has 1 aromatic rings. The van der Waals surface area contributed by atoms with E-state index in [0.717, 1.165) is 0 Å². The summed E-state index contributed by atoms with van der Waals surface area (Å²) in [5.41, 5.74) is 0.997. The molecule has 1 aromatic carbocycles. The van der Waals surface area contributed by atoms with E-state index in [1.54, 1.807) is 19.1 Å². The van der Waals surface area contributed by atoms with Crippen LogP contribution in [0.25, 0.3) is 0 Å². The zero-order chi connectivity index (χ0) is 8.27. The Morgan fingerprint density at radius 2 is 2.27 bits per heavy atom. The van der Waals surface area contributed by atoms with E-state index in [1.807, 2.05) is 0 Å². The first-order chi connectivity index (χ1) is 5.24. The maximum Gasteiger partial charge on any atom is 0.123 e. The molecule has 0 aromatic heterocycles. The Labute approximate surface area is 64.0 Å². The van der Waals surface area contributed by atoms with Crippen LogP contribution in [0.2, 0.25) is 0 Å². The molecule has 1 N–H and O–H groups in total. The van der Waals surface area contributed by atoms with Gasteiger partial charge in [0, 0.05) is 5.56 Å². The molecular weight excluding hydrogens is 145 g/mol. The highest BCUT2D eigenvalue weighted by molar-refractivity contribution is 5.98. The minimum absolute atomic E-state index is 0.328. The lowest BCUT2D eigenvalue weighted by Gasteiger charge is -1.96. The summed E-state index contributed by atoms with van der Waals surface area (Å²) in [6.45, 7) is 1.61. The van der Waals surface area contributed by atoms with Gasteiger partial charge in [-0.05, 0) is 19.1 Å². The number of hydrogen-bond acceptors (Lipinski definition) is 2. The summed E-state index contributed by atoms with van der Waals surface area (Å²) in [6, 6.07) is 5.90. The fourth-order valence-corrected chi connectivity index (χ4v) is 0.771. The third-order valence-electron chi connectivity index (χ3n) is 1.39. The van der Waals surface area contributed by atoms with Crippen molar-refractivity contribution in [1.82, 2.24) is 0 Å². The van der Waals surface area contributed by atoms with Crippen molar-refractivity contribution >= 4 is 5.71 Å². The zero-order valence-corrected chi connectivity index (χ0v) is 6.08. The van der Waals surface area contributed by atoms with Crippen molar-refractivity contribution in [3.05, 3.63) is 35.6 Å². The van der Waals surface area contributed by atoms with E-state index < -0.39 is 0 Å². The van der Waals surface area contributed by atoms with Crippen LogP contribution in [-0.2, 0) is 0 Å². The summed E-state index contributed by atoms with van der Waals surface area (Å²) in [4.78, 5) is 0. The molecule has 0 saturated carbocycles. The molecule has 11 heavy (non-hydrogen) atoms. The predicted molar refractivity (Wildman–Crippen MR) is 40.4 cm³/mol. The first-order valence-electron chi connectivity index (χ1n) is 3.18. The van der Waals surface area contributed by atoms with E-state index in [4.69, 9.17) is 5.21 Å². The maximum absolute atomic E-state index is 12.5. The highest BCUT2D eigenvalue weighted by atomic mass is 19.1. The van der Waals surface area contributed by atoms with Crippen LogP contribution in [-0.4, -0.2) is 10.9 Å². The topological polar surface area (TPSA) is 32.6 Å². The largest absolute Gasteiger partial charge is 0.411 e. The second-order valence-corrected chi connectivity index (χ2v) is 2.20. The standard InChI is InChI=1S/C8H8FNO/c1-6(10-11)7-3-2-4-8(9)5-7/h2-5,11H,1H3. The molecule has 0 spiro atoms. The second-order valence-electron chi connectivity index (χ2n) is 2.20. The van der Waals surface area contributed by atoms with Gasteiger partial charge in [-0.15, -0.1) is 0 Å². The van der Waals surface area contributed by atoms with E-state index in [-0.39, 0.29) is 5.82 Å². The first-order valence-corrected chi connectivity index (χ1v) is 3.18. The molecule has 58 valence electrons. The van der Waals surface area contributed by atoms with Crippen LogP contribution in [0, 0.1) is 5.82 Å². The van der Waals surface area contributed by atoms with Gasteiger partial charge in [0.1, 0.15) is 5.82 Å². The van der Waals surface area contributed by atoms with Crippen LogP contribution < -0.4 is 0 Å². The number of hydrogen-bond donors (Lipinski definition) is 1. The molecule has 0 radical (unpaired) electrons. The number of nitrogens with zero attached hydrogens (tertiary/aromatic N) is 1. The summed E-state index contributed by atoms with van der Waals surface area (Å²) in [5.74, 6) is -0.328. The van der Waals surface area contributed by atoms with Crippen LogP contribution in [0.1, 0.15) is 12.5 Å². The third-order valence-corrected chi connectivity index (χ3v) is 1.39. The molecule has 0 unspecified atom stereocenters. The molecule has 0 bridgehead atoms. The van der Waals surface area contributed by atoms with Crippen LogP contribution >= 0.6 is 0 Å². The minimum atomic E-state index is -0.328. The molecular formula is C8H8FNO. The van der Waals surface area contributed by atoms with Gasteiger partial charge in [0.2, 0.25) is 0 Å². The lowest BCUT2D eigenvalue weighted by Crippen LogP contribution is -1.94. The van der Waals surface area contributed by atoms with Gasteiger partial charge < -0.3 is 5.21 Å². The number of halogens is 1. The Bertz CT molecular complexity index is 283. The van der Waals surface area contributed by atoms with Gasteiger partial charge in [-0.2, -0.15) is 0 Å². The average Bonchev–Trinajstić information content (AvgIpc) is 2.03. The highest BCUT2D eigenvalue weighted by Gasteiger charge is 1.97. The normalized spacial score (nSPS) is 11.6. The van der Waals surface area contributed by atoms with Crippen molar-refractivity contribution in [3.8, 4) is 0 Å². The Hall–Kier alpha value is -1.38. The molecule has 0 aliphatic carbocycles. The van der Waals surface area contributed by atoms with E-state index in [1.165, 1.54) is 12.1 Å². The number of benzene rings is 1. The first kappa shape index (κ1) is 7.72. The highest BCUT2D eigenvalue weighted by Crippen LogP contribution is 2.04. The fraction of sp³-hybridized carbons (Fsp3) is 0.125. The van der Waals surface area contributed by atoms with Gasteiger partial charge in [0.15, 0.2) is 0 Å². The predicted octanol–water partition coefficient (Wildman–Crippen LogP) is 2.02. The average molecular weight is 153 g/mol. The summed E-state index contributed by atoms with van der Waals surface area (Å²) >= 11 is 0. The number of rotatable bonds is 1. The zero-order valence-electron chi connectivity index (χ0n) is 6.08. The molecule has 0 amide bonds. The van der Waals surface area contributed by atoms with Crippen LogP contribution in [0.15, 0.2) is 29.4 Å². The summed E-state index contributed by atoms with van der Waals surface area (Å²) < 4.78 is 12.5. The molecule has 0 saturated heterocycles. The molecule has 0 aliphatic heterocycles. The van der Waals surface area contributed by atoms with E-state index in [9.17, 15) is 4.39 Å². The smallest absolute Gasteiger partial charge is 0.123 e. The Morgan fingerprint density at radius 3 is 2.82 bits per heavy atom. The third kappa shape index (κ3) is 1.77. The van der Waals surface area contributed by atoms with Crippen LogP contribution in [0.4, 0.5) is 4.39 Å². The van der Waals surface area contributed by atoms with Crippen molar-refractivity contribution in [2.45, 2.75) is 6.92 Å². The Balaban J connectivity index is 3.06. The van der Waals surface area contributed by atoms with Gasteiger partial charge in [-0.25, -0.2) is 4.39 Å². The monoisotopic (exact) mass is 153 g/mol. The summed E-state index contributed by atoms with van der Waals surface area (Å²) in [6.07, 6.45) is 0. The van der Waals surface area contributed by atoms with Crippen LogP contribution in [0.3, 0.4) is 0 Å². The van der Waals surface area contributed by atoms with Crippen molar-refractivity contribution in [2.75, 3.05) is 0 Å². The Kier molecular flexibility index (Phi) is 2.21. The fourth-order valence-electron chi connectivity index (χ4n) is 0.771. The van der Waals surface area contributed by atoms with Gasteiger partial charge in [-0.3, -0.25) is 0 Å². The second kappa shape index (κ2) is 3.14. The van der Waals surface area contributed by atoms with Crippen LogP contribution in [0.5, 0.6) is 0 Å². The SMILES string of the molecule is CC(=NO)c1cccc(F)c1. The van der Waals surface area contributed by atoms with E-state index >= 15 is 0 Å². The number of oxime groups is 1. The van der Waals surface area contributed by atoms with Gasteiger partial charge in [0.05, 0.1) is 5.71 Å². The molecule has 3 heteroatoms. The van der Waals surface area contributed by atoms with Crippen molar-refractivity contribution < 1.29 is 9.60 Å². The van der Waals surface area contributed by atoms with Crippen molar-refractivity contribution in [3.63, 3.8) is 0 Å². The molecule has 2 nitrogen and oxygen atoms in total. The van der Waals surface area contributed by atoms with Crippen molar-refractivity contribution in [1.29, 1.82) is 0 Å². The quantitative estimate of drug-likeness (QED) is 0.373. The lowest BCUT2D eigenvalue weighted by molar-refractivity contribution is 0.319. The van der Waals surface area contributed by atoms with Gasteiger partial charge in [-0.1, -0.05) is 17.3 Å². The van der Waals surface area contributed by atoms with Crippen molar-refractivity contribution in [2.24, 2.45) is 5.16 Å². The molecule has 1 rings (SSSR count). The maximum atomic E-state index is 12.5. The molecule has 0 atom stereocenters. The molecule has 0 heterocycles. The molecule has 0 aliphatic rings. The van der Waals surface area contributed by atoms with E-state index in [0.29, 0.717) is 11.3 Å². The summed E-state index contributed by atoms with van der Waals surface area (Å²) in [7, 11) is 0. The summed E-state index contributed by atoms with van der Waals surface area (Å²) in [5, 5.41) is 11.3. The molecule has 0 fully saturated rings. The minimum Gasteiger partial charge on any atom is -0.411 e. The van der Waals surface area contributed by atoms with E-state index in [2.05, 4.69) is 5.16 Å². The van der Waals surface area contributed by atoms with Gasteiger partial charge >= 0.3 is 0 Å².